The molecular formula is C11H10ClIN2O2. The van der Waals surface area contributed by atoms with Gasteiger partial charge in [-0.2, -0.15) is 0 Å². The number of likely N-dealkylation sites (tertiary alicyclic amines) is 1. The topological polar surface area (TPSA) is 49.4 Å². The summed E-state index contributed by atoms with van der Waals surface area (Å²) in [6.45, 7) is 0. The van der Waals surface area contributed by atoms with Gasteiger partial charge < -0.3 is 5.32 Å². The lowest BCUT2D eigenvalue weighted by Gasteiger charge is -2.13. The number of likely N-dealkylation sites (N-methyl/N-ethyl adjacent to an activating group) is 1. The van der Waals surface area contributed by atoms with E-state index < -0.39 is 6.04 Å². The van der Waals surface area contributed by atoms with E-state index in [2.05, 4.69) is 27.9 Å². The Morgan fingerprint density at radius 2 is 2.18 bits per heavy atom. The van der Waals surface area contributed by atoms with Crippen LogP contribution in [-0.2, 0) is 9.59 Å². The molecule has 0 bridgehead atoms. The summed E-state index contributed by atoms with van der Waals surface area (Å²) >= 11 is 8.21. The van der Waals surface area contributed by atoms with Crippen molar-refractivity contribution in [1.82, 2.24) is 4.90 Å². The van der Waals surface area contributed by atoms with E-state index in [0.717, 1.165) is 8.47 Å². The summed E-state index contributed by atoms with van der Waals surface area (Å²) in [5.74, 6) is -0.390. The molecule has 1 atom stereocenters. The van der Waals surface area contributed by atoms with Crippen LogP contribution in [0.15, 0.2) is 18.2 Å². The molecule has 0 aromatic heterocycles. The molecule has 4 nitrogen and oxygen atoms in total. The minimum Gasteiger partial charge on any atom is -0.372 e. The lowest BCUT2D eigenvalue weighted by molar-refractivity contribution is -0.136. The molecule has 1 fully saturated rings. The van der Waals surface area contributed by atoms with Crippen LogP contribution in [0.3, 0.4) is 0 Å². The van der Waals surface area contributed by atoms with Gasteiger partial charge in [-0.15, -0.1) is 0 Å². The summed E-state index contributed by atoms with van der Waals surface area (Å²) in [7, 11) is 1.49. The molecular weight excluding hydrogens is 354 g/mol. The maximum absolute atomic E-state index is 11.7. The predicted molar refractivity (Wildman–Crippen MR) is 74.0 cm³/mol. The molecule has 0 spiro atoms. The van der Waals surface area contributed by atoms with Gasteiger partial charge in [-0.3, -0.25) is 14.5 Å². The van der Waals surface area contributed by atoms with E-state index in [1.54, 1.807) is 12.1 Å². The normalized spacial score (nSPS) is 19.9. The number of halogens is 2. The zero-order valence-corrected chi connectivity index (χ0v) is 11.9. The van der Waals surface area contributed by atoms with Crippen LogP contribution in [0.25, 0.3) is 0 Å². The third kappa shape index (κ3) is 2.55. The Labute approximate surface area is 117 Å². The molecule has 2 amide bonds. The van der Waals surface area contributed by atoms with Gasteiger partial charge in [0.2, 0.25) is 5.91 Å². The van der Waals surface area contributed by atoms with Crippen LogP contribution >= 0.6 is 34.2 Å². The number of imide groups is 1. The first-order valence-corrected chi connectivity index (χ1v) is 6.46. The molecule has 6 heteroatoms. The molecule has 0 radical (unpaired) electrons. The highest BCUT2D eigenvalue weighted by Crippen LogP contribution is 2.26. The van der Waals surface area contributed by atoms with Crippen LogP contribution in [0.5, 0.6) is 0 Å². The van der Waals surface area contributed by atoms with Gasteiger partial charge in [0.1, 0.15) is 6.04 Å². The van der Waals surface area contributed by atoms with Gasteiger partial charge >= 0.3 is 0 Å². The van der Waals surface area contributed by atoms with Crippen molar-refractivity contribution in [3.63, 3.8) is 0 Å². The van der Waals surface area contributed by atoms with Crippen LogP contribution in [0.2, 0.25) is 5.02 Å². The number of amides is 2. The molecule has 2 rings (SSSR count). The third-order valence-corrected chi connectivity index (χ3v) is 3.63. The first-order chi connectivity index (χ1) is 7.99. The molecule has 1 aliphatic rings. The number of nitrogens with one attached hydrogen (secondary N) is 1. The van der Waals surface area contributed by atoms with Crippen LogP contribution in [0, 0.1) is 3.57 Å². The van der Waals surface area contributed by atoms with Crippen molar-refractivity contribution in [3.05, 3.63) is 26.8 Å². The van der Waals surface area contributed by atoms with Crippen LogP contribution < -0.4 is 5.32 Å². The van der Waals surface area contributed by atoms with Crippen molar-refractivity contribution in [1.29, 1.82) is 0 Å². The SMILES string of the molecule is CN1C(=O)CC(Nc2ccc(I)cc2Cl)C1=O. The number of rotatable bonds is 2. The molecule has 17 heavy (non-hydrogen) atoms. The Balaban J connectivity index is 2.17. The van der Waals surface area contributed by atoms with Crippen molar-refractivity contribution in [2.75, 3.05) is 12.4 Å². The molecule has 1 aromatic carbocycles. The van der Waals surface area contributed by atoms with Gasteiger partial charge in [-0.1, -0.05) is 11.6 Å². The van der Waals surface area contributed by atoms with Crippen LogP contribution in [0.1, 0.15) is 6.42 Å². The molecule has 1 heterocycles. The average molecular weight is 365 g/mol. The summed E-state index contributed by atoms with van der Waals surface area (Å²) in [5.41, 5.74) is 0.675. The molecule has 0 saturated carbocycles. The van der Waals surface area contributed by atoms with Crippen LogP contribution in [0.4, 0.5) is 5.69 Å². The Morgan fingerprint density at radius 3 is 2.71 bits per heavy atom. The van der Waals surface area contributed by atoms with Crippen molar-refractivity contribution in [2.24, 2.45) is 0 Å². The van der Waals surface area contributed by atoms with Crippen molar-refractivity contribution >= 4 is 51.7 Å². The average Bonchev–Trinajstić information content (AvgIpc) is 2.50. The van der Waals surface area contributed by atoms with E-state index >= 15 is 0 Å². The number of hydrogen-bond donors (Lipinski definition) is 1. The summed E-state index contributed by atoms with van der Waals surface area (Å²) in [6.07, 6.45) is 0.178. The fraction of sp³-hybridized carbons (Fsp3) is 0.273. The zero-order valence-electron chi connectivity index (χ0n) is 9.04. The fourth-order valence-electron chi connectivity index (χ4n) is 1.66. The second-order valence-electron chi connectivity index (χ2n) is 3.82. The number of carbonyl (C=O) groups excluding carboxylic acids is 2. The minimum atomic E-state index is -0.509. The lowest BCUT2D eigenvalue weighted by Crippen LogP contribution is -2.31. The largest absolute Gasteiger partial charge is 0.372 e. The van der Waals surface area contributed by atoms with Gasteiger partial charge in [0.25, 0.3) is 5.91 Å². The first kappa shape index (κ1) is 12.6. The van der Waals surface area contributed by atoms with Gasteiger partial charge in [-0.25, -0.2) is 0 Å². The molecule has 1 unspecified atom stereocenters. The Morgan fingerprint density at radius 1 is 1.47 bits per heavy atom. The van der Waals surface area contributed by atoms with Gasteiger partial charge in [0, 0.05) is 10.6 Å². The number of nitrogens with zero attached hydrogens (tertiary/aromatic N) is 1. The molecule has 1 saturated heterocycles. The smallest absolute Gasteiger partial charge is 0.251 e. The van der Waals surface area contributed by atoms with E-state index in [4.69, 9.17) is 11.6 Å². The number of hydrogen-bond acceptors (Lipinski definition) is 3. The number of benzene rings is 1. The van der Waals surface area contributed by atoms with Crippen molar-refractivity contribution in [2.45, 2.75) is 12.5 Å². The van der Waals surface area contributed by atoms with Crippen LogP contribution in [-0.4, -0.2) is 29.8 Å². The summed E-state index contributed by atoms with van der Waals surface area (Å²) in [6, 6.07) is 4.99. The van der Waals surface area contributed by atoms with Gasteiger partial charge in [0.05, 0.1) is 17.1 Å². The van der Waals surface area contributed by atoms with E-state index in [1.807, 2.05) is 6.07 Å². The fourth-order valence-corrected chi connectivity index (χ4v) is 2.57. The Hall–Kier alpha value is -0.820. The van der Waals surface area contributed by atoms with Crippen molar-refractivity contribution in [3.8, 4) is 0 Å². The predicted octanol–water partition coefficient (Wildman–Crippen LogP) is 2.11. The summed E-state index contributed by atoms with van der Waals surface area (Å²) in [4.78, 5) is 24.2. The van der Waals surface area contributed by atoms with Gasteiger partial charge in [0.15, 0.2) is 0 Å². The highest BCUT2D eigenvalue weighted by atomic mass is 127. The Bertz CT molecular complexity index is 492. The number of carbonyl (C=O) groups is 2. The third-order valence-electron chi connectivity index (χ3n) is 2.64. The molecule has 0 aliphatic carbocycles. The van der Waals surface area contributed by atoms with E-state index in [9.17, 15) is 9.59 Å². The Kier molecular flexibility index (Phi) is 3.58. The molecule has 90 valence electrons. The minimum absolute atomic E-state index is 0.172. The molecule has 1 N–H and O–H groups in total. The second-order valence-corrected chi connectivity index (χ2v) is 5.47. The number of anilines is 1. The van der Waals surface area contributed by atoms with Crippen molar-refractivity contribution < 1.29 is 9.59 Å². The quantitative estimate of drug-likeness (QED) is 0.646. The monoisotopic (exact) mass is 364 g/mol. The second kappa shape index (κ2) is 4.81. The molecule has 1 aromatic rings. The summed E-state index contributed by atoms with van der Waals surface area (Å²) < 4.78 is 1.02. The van der Waals surface area contributed by atoms with Gasteiger partial charge in [-0.05, 0) is 40.8 Å². The maximum Gasteiger partial charge on any atom is 0.251 e. The standard InChI is InChI=1S/C11H10ClIN2O2/c1-15-10(16)5-9(11(15)17)14-8-3-2-6(13)4-7(8)12/h2-4,9,14H,5H2,1H3. The van der Waals surface area contributed by atoms with E-state index in [0.29, 0.717) is 10.7 Å². The lowest BCUT2D eigenvalue weighted by atomic mass is 10.2. The highest BCUT2D eigenvalue weighted by Gasteiger charge is 2.36. The first-order valence-electron chi connectivity index (χ1n) is 5.01. The highest BCUT2D eigenvalue weighted by molar-refractivity contribution is 14.1. The maximum atomic E-state index is 11.7. The zero-order chi connectivity index (χ0) is 12.6. The summed E-state index contributed by atoms with van der Waals surface area (Å²) in [5, 5.41) is 3.55. The molecule has 1 aliphatic heterocycles. The van der Waals surface area contributed by atoms with E-state index in [-0.39, 0.29) is 18.2 Å². The van der Waals surface area contributed by atoms with E-state index in [1.165, 1.54) is 7.05 Å².